The molecule has 2 heterocycles. The number of aryl methyl sites for hydroxylation is 2. The third-order valence-corrected chi connectivity index (χ3v) is 5.26. The summed E-state index contributed by atoms with van der Waals surface area (Å²) in [6.07, 6.45) is 0. The number of thioether (sulfide) groups is 1. The van der Waals surface area contributed by atoms with Crippen molar-refractivity contribution in [3.05, 3.63) is 34.8 Å². The number of hydrogen-bond donors (Lipinski definition) is 0. The maximum absolute atomic E-state index is 11.6. The number of ether oxygens (including phenoxy) is 1. The number of carbonyl (C=O) groups is 1. The molecule has 5 nitrogen and oxygen atoms in total. The first-order valence-electron chi connectivity index (χ1n) is 7.57. The minimum absolute atomic E-state index is 0.206. The Morgan fingerprint density at radius 3 is 2.67 bits per heavy atom. The Morgan fingerprint density at radius 1 is 1.21 bits per heavy atom. The predicted molar refractivity (Wildman–Crippen MR) is 97.5 cm³/mol. The normalized spacial score (nSPS) is 11.0. The molecule has 24 heavy (non-hydrogen) atoms. The van der Waals surface area contributed by atoms with E-state index in [1.54, 1.807) is 18.3 Å². The molecule has 0 atom stereocenters. The third kappa shape index (κ3) is 3.57. The summed E-state index contributed by atoms with van der Waals surface area (Å²) in [5, 5.41) is 10.3. The Balaban J connectivity index is 1.98. The second-order valence-corrected chi connectivity index (χ2v) is 7.39. The molecule has 124 valence electrons. The smallest absolute Gasteiger partial charge is 0.316 e. The summed E-state index contributed by atoms with van der Waals surface area (Å²) in [6.45, 7) is 6.18. The van der Waals surface area contributed by atoms with E-state index in [-0.39, 0.29) is 11.7 Å². The molecule has 0 spiro atoms. The van der Waals surface area contributed by atoms with Gasteiger partial charge in [-0.1, -0.05) is 41.6 Å². The number of esters is 1. The van der Waals surface area contributed by atoms with Crippen LogP contribution in [0.2, 0.25) is 0 Å². The highest BCUT2D eigenvalue weighted by atomic mass is 32.2. The Hall–Kier alpha value is -1.99. The number of rotatable bonds is 5. The first-order valence-corrected chi connectivity index (χ1v) is 9.38. The molecule has 0 amide bonds. The van der Waals surface area contributed by atoms with Gasteiger partial charge in [0.15, 0.2) is 0 Å². The molecule has 1 aromatic carbocycles. The molecule has 0 radical (unpaired) electrons. The van der Waals surface area contributed by atoms with Crippen LogP contribution in [-0.4, -0.2) is 33.5 Å². The van der Waals surface area contributed by atoms with Crippen molar-refractivity contribution in [3.8, 4) is 11.3 Å². The van der Waals surface area contributed by atoms with Gasteiger partial charge in [-0.05, 0) is 20.8 Å². The van der Waals surface area contributed by atoms with Crippen molar-refractivity contribution >= 4 is 39.3 Å². The molecule has 2 aromatic heterocycles. The average molecular weight is 359 g/mol. The highest BCUT2D eigenvalue weighted by Crippen LogP contribution is 2.35. The lowest BCUT2D eigenvalue weighted by atomic mass is 10.1. The fourth-order valence-corrected chi connectivity index (χ4v) is 3.96. The summed E-state index contributed by atoms with van der Waals surface area (Å²) in [6, 6.07) is 8.19. The number of nitrogens with zero attached hydrogens (tertiary/aromatic N) is 3. The van der Waals surface area contributed by atoms with E-state index in [0.29, 0.717) is 11.6 Å². The minimum atomic E-state index is -0.257. The van der Waals surface area contributed by atoms with Gasteiger partial charge < -0.3 is 4.74 Å². The SMILES string of the molecule is CCOC(=O)CSc1nnc(-c2ccc(C)cc2)c2sc(C)nc12. The molecule has 7 heteroatoms. The highest BCUT2D eigenvalue weighted by Gasteiger charge is 2.17. The molecular formula is C17H17N3O2S2. The average Bonchev–Trinajstić information content (AvgIpc) is 2.95. The standard InChI is InChI=1S/C17H17N3O2S2/c1-4-22-13(21)9-23-17-15-16(24-11(3)18-15)14(19-20-17)12-7-5-10(2)6-8-12/h5-8H,4,9H2,1-3H3. The second-order valence-electron chi connectivity index (χ2n) is 5.22. The quantitative estimate of drug-likeness (QED) is 0.506. The fraction of sp³-hybridized carbons (Fsp3) is 0.294. The van der Waals surface area contributed by atoms with Crippen LogP contribution in [0.15, 0.2) is 29.3 Å². The van der Waals surface area contributed by atoms with Crippen molar-refractivity contribution in [2.75, 3.05) is 12.4 Å². The molecule has 0 aliphatic heterocycles. The van der Waals surface area contributed by atoms with Gasteiger partial charge >= 0.3 is 5.97 Å². The lowest BCUT2D eigenvalue weighted by Gasteiger charge is -2.05. The summed E-state index contributed by atoms with van der Waals surface area (Å²) in [5.74, 6) is -0.0510. The number of benzene rings is 1. The molecule has 0 fully saturated rings. The van der Waals surface area contributed by atoms with Crippen molar-refractivity contribution in [2.45, 2.75) is 25.8 Å². The van der Waals surface area contributed by atoms with E-state index in [1.807, 2.05) is 19.1 Å². The first kappa shape index (κ1) is 16.9. The zero-order chi connectivity index (χ0) is 17.1. The molecule has 0 aliphatic rings. The third-order valence-electron chi connectivity index (χ3n) is 3.35. The lowest BCUT2D eigenvalue weighted by Crippen LogP contribution is -2.07. The second kappa shape index (κ2) is 7.27. The van der Waals surface area contributed by atoms with Crippen LogP contribution >= 0.6 is 23.1 Å². The van der Waals surface area contributed by atoms with Crippen molar-refractivity contribution in [1.82, 2.24) is 15.2 Å². The Morgan fingerprint density at radius 2 is 1.96 bits per heavy atom. The van der Waals surface area contributed by atoms with Crippen LogP contribution in [0.3, 0.4) is 0 Å². The maximum Gasteiger partial charge on any atom is 0.316 e. The van der Waals surface area contributed by atoms with E-state index in [1.165, 1.54) is 17.3 Å². The number of fused-ring (bicyclic) bond motifs is 1. The Bertz CT molecular complexity index is 875. The van der Waals surface area contributed by atoms with Gasteiger partial charge in [-0.3, -0.25) is 4.79 Å². The van der Waals surface area contributed by atoms with E-state index in [9.17, 15) is 4.79 Å². The van der Waals surface area contributed by atoms with Crippen LogP contribution in [0, 0.1) is 13.8 Å². The fourth-order valence-electron chi connectivity index (χ4n) is 2.25. The van der Waals surface area contributed by atoms with Crippen LogP contribution in [0.1, 0.15) is 17.5 Å². The molecule has 3 rings (SSSR count). The summed E-state index contributed by atoms with van der Waals surface area (Å²) in [5.41, 5.74) is 3.85. The Labute approximate surface area is 148 Å². The van der Waals surface area contributed by atoms with Gasteiger partial charge in [0.2, 0.25) is 0 Å². The predicted octanol–water partition coefficient (Wildman–Crippen LogP) is 4.03. The largest absolute Gasteiger partial charge is 0.465 e. The van der Waals surface area contributed by atoms with Crippen molar-refractivity contribution < 1.29 is 9.53 Å². The molecule has 0 unspecified atom stereocenters. The minimum Gasteiger partial charge on any atom is -0.465 e. The van der Waals surface area contributed by atoms with Crippen molar-refractivity contribution in [2.24, 2.45) is 0 Å². The zero-order valence-corrected chi connectivity index (χ0v) is 15.3. The summed E-state index contributed by atoms with van der Waals surface area (Å²) >= 11 is 2.91. The van der Waals surface area contributed by atoms with Gasteiger partial charge in [-0.15, -0.1) is 21.5 Å². The molecule has 0 bridgehead atoms. The van der Waals surface area contributed by atoms with Crippen LogP contribution in [0.4, 0.5) is 0 Å². The van der Waals surface area contributed by atoms with E-state index >= 15 is 0 Å². The van der Waals surface area contributed by atoms with Gasteiger partial charge in [0.25, 0.3) is 0 Å². The highest BCUT2D eigenvalue weighted by molar-refractivity contribution is 8.00. The number of carbonyl (C=O) groups excluding carboxylic acids is 1. The van der Waals surface area contributed by atoms with E-state index in [0.717, 1.165) is 26.5 Å². The zero-order valence-electron chi connectivity index (χ0n) is 13.7. The van der Waals surface area contributed by atoms with Gasteiger partial charge in [0.05, 0.1) is 22.1 Å². The topological polar surface area (TPSA) is 65.0 Å². The monoisotopic (exact) mass is 359 g/mol. The summed E-state index contributed by atoms with van der Waals surface area (Å²) in [4.78, 5) is 16.2. The lowest BCUT2D eigenvalue weighted by molar-refractivity contribution is -0.139. The molecule has 0 aliphatic carbocycles. The first-order chi connectivity index (χ1) is 11.6. The molecular weight excluding hydrogens is 342 g/mol. The van der Waals surface area contributed by atoms with Crippen LogP contribution in [-0.2, 0) is 9.53 Å². The van der Waals surface area contributed by atoms with Crippen LogP contribution < -0.4 is 0 Å². The number of thiazole rings is 1. The number of hydrogen-bond acceptors (Lipinski definition) is 7. The summed E-state index contributed by atoms with van der Waals surface area (Å²) in [7, 11) is 0. The molecule has 0 saturated carbocycles. The maximum atomic E-state index is 11.6. The molecule has 0 saturated heterocycles. The van der Waals surface area contributed by atoms with Gasteiger partial charge in [-0.25, -0.2) is 4.98 Å². The summed E-state index contributed by atoms with van der Waals surface area (Å²) < 4.78 is 5.96. The van der Waals surface area contributed by atoms with Crippen LogP contribution in [0.25, 0.3) is 21.5 Å². The van der Waals surface area contributed by atoms with E-state index < -0.39 is 0 Å². The van der Waals surface area contributed by atoms with Crippen LogP contribution in [0.5, 0.6) is 0 Å². The van der Waals surface area contributed by atoms with Gasteiger partial charge in [0.1, 0.15) is 16.2 Å². The molecule has 3 aromatic rings. The van der Waals surface area contributed by atoms with E-state index in [2.05, 4.69) is 34.2 Å². The van der Waals surface area contributed by atoms with Crippen molar-refractivity contribution in [3.63, 3.8) is 0 Å². The van der Waals surface area contributed by atoms with Gasteiger partial charge in [-0.2, -0.15) is 0 Å². The molecule has 0 N–H and O–H groups in total. The Kier molecular flexibility index (Phi) is 5.11. The van der Waals surface area contributed by atoms with E-state index in [4.69, 9.17) is 4.74 Å². The van der Waals surface area contributed by atoms with Gasteiger partial charge in [0, 0.05) is 5.56 Å². The van der Waals surface area contributed by atoms with Crippen molar-refractivity contribution in [1.29, 1.82) is 0 Å². The number of aromatic nitrogens is 3.